The predicted octanol–water partition coefficient (Wildman–Crippen LogP) is 4.82. The number of ketones is 1. The van der Waals surface area contributed by atoms with E-state index in [1.807, 2.05) is 24.3 Å². The van der Waals surface area contributed by atoms with Crippen molar-refractivity contribution in [1.29, 1.82) is 0 Å². The van der Waals surface area contributed by atoms with Crippen LogP contribution in [0.2, 0.25) is 5.02 Å². The molecule has 7 nitrogen and oxygen atoms in total. The first kappa shape index (κ1) is 23.5. The first-order valence-corrected chi connectivity index (χ1v) is 11.6. The molecular formula is C25H19ClN2O5S. The minimum Gasteiger partial charge on any atom is -0.454 e. The number of benzene rings is 3. The van der Waals surface area contributed by atoms with Gasteiger partial charge in [0.1, 0.15) is 0 Å². The van der Waals surface area contributed by atoms with Crippen LogP contribution in [-0.4, -0.2) is 35.4 Å². The van der Waals surface area contributed by atoms with Gasteiger partial charge in [0.25, 0.3) is 0 Å². The van der Waals surface area contributed by atoms with Gasteiger partial charge in [-0.3, -0.25) is 14.4 Å². The highest BCUT2D eigenvalue weighted by Crippen LogP contribution is 2.36. The van der Waals surface area contributed by atoms with Crippen LogP contribution in [0.15, 0.2) is 77.7 Å². The van der Waals surface area contributed by atoms with E-state index >= 15 is 0 Å². The van der Waals surface area contributed by atoms with E-state index in [2.05, 4.69) is 10.6 Å². The molecule has 1 heterocycles. The molecule has 0 aliphatic carbocycles. The third kappa shape index (κ3) is 5.84. The molecule has 0 bridgehead atoms. The number of anilines is 2. The summed E-state index contributed by atoms with van der Waals surface area (Å²) in [6.07, 6.45) is 0.00143. The molecular weight excluding hydrogens is 476 g/mol. The standard InChI is InChI=1S/C25H19ClN2O5S/c26-17-9-5-15(6-10-17)20(29)14-33-25(32)16-7-11-18(12-8-16)27-23(30)13-22-24(31)28-19-3-1-2-4-21(19)34-22/h1-12,22H,13-14H2,(H,27,30)(H,28,31). The SMILES string of the molecule is O=C(CC1Sc2ccccc2NC1=O)Nc1ccc(C(=O)OCC(=O)c2ccc(Cl)cc2)cc1. The third-order valence-corrected chi connectivity index (χ3v) is 6.51. The lowest BCUT2D eigenvalue weighted by Crippen LogP contribution is -2.32. The molecule has 0 aromatic heterocycles. The van der Waals surface area contributed by atoms with Crippen molar-refractivity contribution in [1.82, 2.24) is 0 Å². The summed E-state index contributed by atoms with van der Waals surface area (Å²) in [6, 6.07) is 19.8. The second-order valence-electron chi connectivity index (χ2n) is 7.43. The van der Waals surface area contributed by atoms with Gasteiger partial charge in [0, 0.05) is 27.6 Å². The quantitative estimate of drug-likeness (QED) is 0.360. The van der Waals surface area contributed by atoms with Gasteiger partial charge in [-0.05, 0) is 60.7 Å². The Morgan fingerprint density at radius 2 is 1.62 bits per heavy atom. The first-order chi connectivity index (χ1) is 16.4. The summed E-state index contributed by atoms with van der Waals surface area (Å²) in [5.41, 5.74) is 1.84. The fourth-order valence-electron chi connectivity index (χ4n) is 3.23. The fraction of sp³-hybridized carbons (Fsp3) is 0.120. The van der Waals surface area contributed by atoms with Gasteiger partial charge in [-0.2, -0.15) is 0 Å². The van der Waals surface area contributed by atoms with Crippen LogP contribution in [0.5, 0.6) is 0 Å². The van der Waals surface area contributed by atoms with E-state index in [0.717, 1.165) is 10.6 Å². The molecule has 0 saturated heterocycles. The van der Waals surface area contributed by atoms with Gasteiger partial charge in [0.2, 0.25) is 11.8 Å². The van der Waals surface area contributed by atoms with E-state index in [1.165, 1.54) is 23.9 Å². The van der Waals surface area contributed by atoms with Gasteiger partial charge < -0.3 is 15.4 Å². The summed E-state index contributed by atoms with van der Waals surface area (Å²) >= 11 is 7.15. The van der Waals surface area contributed by atoms with Crippen LogP contribution in [-0.2, 0) is 14.3 Å². The number of hydrogen-bond acceptors (Lipinski definition) is 6. The summed E-state index contributed by atoms with van der Waals surface area (Å²) in [7, 11) is 0. The molecule has 0 saturated carbocycles. The van der Waals surface area contributed by atoms with Crippen molar-refractivity contribution in [3.8, 4) is 0 Å². The van der Waals surface area contributed by atoms with E-state index in [9.17, 15) is 19.2 Å². The Kier molecular flexibility index (Phi) is 7.30. The number of rotatable bonds is 7. The van der Waals surface area contributed by atoms with Crippen LogP contribution in [0.1, 0.15) is 27.1 Å². The number of halogens is 1. The Balaban J connectivity index is 1.28. The van der Waals surface area contributed by atoms with Gasteiger partial charge in [0.15, 0.2) is 12.4 Å². The second kappa shape index (κ2) is 10.5. The number of carbonyl (C=O) groups is 4. The van der Waals surface area contributed by atoms with E-state index in [-0.39, 0.29) is 29.6 Å². The molecule has 34 heavy (non-hydrogen) atoms. The Morgan fingerprint density at radius 1 is 0.941 bits per heavy atom. The third-order valence-electron chi connectivity index (χ3n) is 4.98. The minimum atomic E-state index is -0.658. The Morgan fingerprint density at radius 3 is 2.35 bits per heavy atom. The average molecular weight is 495 g/mol. The summed E-state index contributed by atoms with van der Waals surface area (Å²) < 4.78 is 5.08. The number of thioether (sulfide) groups is 1. The van der Waals surface area contributed by atoms with Crippen molar-refractivity contribution in [2.24, 2.45) is 0 Å². The molecule has 0 spiro atoms. The van der Waals surface area contributed by atoms with E-state index in [4.69, 9.17) is 16.3 Å². The maximum Gasteiger partial charge on any atom is 0.338 e. The van der Waals surface area contributed by atoms with Crippen molar-refractivity contribution in [3.05, 3.63) is 88.9 Å². The highest BCUT2D eigenvalue weighted by atomic mass is 35.5. The lowest BCUT2D eigenvalue weighted by atomic mass is 10.1. The zero-order valence-electron chi connectivity index (χ0n) is 17.7. The zero-order chi connectivity index (χ0) is 24.1. The zero-order valence-corrected chi connectivity index (χ0v) is 19.3. The maximum absolute atomic E-state index is 12.4. The number of Topliss-reactive ketones (excluding diaryl/α,β-unsaturated/α-hetero) is 1. The lowest BCUT2D eigenvalue weighted by Gasteiger charge is -2.23. The van der Waals surface area contributed by atoms with Gasteiger partial charge in [-0.25, -0.2) is 4.79 Å². The van der Waals surface area contributed by atoms with Crippen molar-refractivity contribution in [2.45, 2.75) is 16.6 Å². The van der Waals surface area contributed by atoms with Gasteiger partial charge in [-0.1, -0.05) is 23.7 Å². The van der Waals surface area contributed by atoms with Gasteiger partial charge in [-0.15, -0.1) is 11.8 Å². The highest BCUT2D eigenvalue weighted by Gasteiger charge is 2.28. The molecule has 2 N–H and O–H groups in total. The van der Waals surface area contributed by atoms with Crippen LogP contribution >= 0.6 is 23.4 Å². The van der Waals surface area contributed by atoms with E-state index in [0.29, 0.717) is 16.3 Å². The molecule has 4 rings (SSSR count). The number of esters is 1. The molecule has 1 aliphatic rings. The maximum atomic E-state index is 12.4. The topological polar surface area (TPSA) is 102 Å². The van der Waals surface area contributed by atoms with Crippen LogP contribution < -0.4 is 10.6 Å². The van der Waals surface area contributed by atoms with Crippen LogP contribution in [0, 0.1) is 0 Å². The number of amides is 2. The summed E-state index contributed by atoms with van der Waals surface area (Å²) in [6.45, 7) is -0.400. The number of nitrogens with one attached hydrogen (secondary N) is 2. The van der Waals surface area contributed by atoms with E-state index in [1.54, 1.807) is 36.4 Å². The molecule has 1 unspecified atom stereocenters. The monoisotopic (exact) mass is 494 g/mol. The molecule has 3 aromatic rings. The number of carbonyl (C=O) groups excluding carboxylic acids is 4. The van der Waals surface area contributed by atoms with Crippen molar-refractivity contribution < 1.29 is 23.9 Å². The number of fused-ring (bicyclic) bond motifs is 1. The summed E-state index contributed by atoms with van der Waals surface area (Å²) in [4.78, 5) is 50.0. The van der Waals surface area contributed by atoms with Crippen LogP contribution in [0.4, 0.5) is 11.4 Å². The molecule has 9 heteroatoms. The van der Waals surface area contributed by atoms with Gasteiger partial charge in [0.05, 0.1) is 16.5 Å². The molecule has 2 amide bonds. The van der Waals surface area contributed by atoms with Crippen molar-refractivity contribution in [3.63, 3.8) is 0 Å². The predicted molar refractivity (Wildman–Crippen MR) is 130 cm³/mol. The number of hydrogen-bond donors (Lipinski definition) is 2. The summed E-state index contributed by atoms with van der Waals surface area (Å²) in [5, 5.41) is 5.50. The molecule has 3 aromatic carbocycles. The van der Waals surface area contributed by atoms with Crippen molar-refractivity contribution in [2.75, 3.05) is 17.2 Å². The largest absolute Gasteiger partial charge is 0.454 e. The van der Waals surface area contributed by atoms with Crippen molar-refractivity contribution >= 4 is 58.3 Å². The smallest absolute Gasteiger partial charge is 0.338 e. The Labute approximate surface area is 204 Å². The lowest BCUT2D eigenvalue weighted by molar-refractivity contribution is -0.120. The molecule has 1 aliphatic heterocycles. The second-order valence-corrected chi connectivity index (χ2v) is 9.11. The van der Waals surface area contributed by atoms with Gasteiger partial charge >= 0.3 is 5.97 Å². The van der Waals surface area contributed by atoms with Crippen LogP contribution in [0.3, 0.4) is 0 Å². The average Bonchev–Trinajstić information content (AvgIpc) is 2.83. The Bertz CT molecular complexity index is 1240. The van der Waals surface area contributed by atoms with E-state index < -0.39 is 17.8 Å². The highest BCUT2D eigenvalue weighted by molar-refractivity contribution is 8.01. The molecule has 172 valence electrons. The summed E-state index contributed by atoms with van der Waals surface area (Å²) in [5.74, 6) is -1.55. The molecule has 1 atom stereocenters. The number of para-hydroxylation sites is 1. The Hall–Kier alpha value is -3.62. The normalized spacial score (nSPS) is 14.5. The molecule has 0 radical (unpaired) electrons. The first-order valence-electron chi connectivity index (χ1n) is 10.3. The fourth-order valence-corrected chi connectivity index (χ4v) is 4.47. The number of ether oxygens (including phenoxy) is 1. The van der Waals surface area contributed by atoms with Crippen LogP contribution in [0.25, 0.3) is 0 Å². The minimum absolute atomic E-state index is 0.00143. The molecule has 0 fully saturated rings.